The first kappa shape index (κ1) is 11.5. The summed E-state index contributed by atoms with van der Waals surface area (Å²) in [5.41, 5.74) is -0.692. The molecule has 2 aromatic rings. The van der Waals surface area contributed by atoms with Gasteiger partial charge in [0.15, 0.2) is 0 Å². The molecule has 0 saturated carbocycles. The van der Waals surface area contributed by atoms with Crippen molar-refractivity contribution in [3.05, 3.63) is 48.0 Å². The summed E-state index contributed by atoms with van der Waals surface area (Å²) in [7, 11) is 0. The van der Waals surface area contributed by atoms with Crippen LogP contribution in [0.3, 0.4) is 0 Å². The average Bonchev–Trinajstić information content (AvgIpc) is 2.78. The fourth-order valence-electron chi connectivity index (χ4n) is 1.27. The van der Waals surface area contributed by atoms with Crippen LogP contribution in [0, 0.1) is 0 Å². The number of aromatic nitrogens is 2. The molecule has 2 rings (SSSR count). The molecule has 0 atom stereocenters. The number of hydrogen-bond acceptors (Lipinski definition) is 2. The third-order valence-corrected chi connectivity index (χ3v) is 2.11. The van der Waals surface area contributed by atoms with Gasteiger partial charge in [0.05, 0.1) is 5.56 Å². The molecular weight excluding hydrogens is 233 g/mol. The molecule has 17 heavy (non-hydrogen) atoms. The monoisotopic (exact) mass is 242 g/mol. The molecule has 1 heterocycles. The minimum Gasteiger partial charge on any atom is -0.486 e. The lowest BCUT2D eigenvalue weighted by molar-refractivity contribution is -0.137. The molecule has 0 aliphatic carbocycles. The molecule has 90 valence electrons. The second kappa shape index (κ2) is 4.48. The van der Waals surface area contributed by atoms with Crippen molar-refractivity contribution >= 4 is 0 Å². The van der Waals surface area contributed by atoms with Crippen molar-refractivity contribution in [2.24, 2.45) is 0 Å². The predicted octanol–water partition coefficient (Wildman–Crippen LogP) is 3.01. The van der Waals surface area contributed by atoms with E-state index in [-0.39, 0.29) is 6.61 Å². The van der Waals surface area contributed by atoms with E-state index in [1.807, 2.05) is 0 Å². The number of ether oxygens (including phenoxy) is 1. The van der Waals surface area contributed by atoms with Gasteiger partial charge in [0.1, 0.15) is 18.2 Å². The standard InChI is InChI=1S/C11H9F3N2O/c12-11(13,14)8-1-3-9(4-2-8)17-7-10-15-5-6-16-10/h1-6H,7H2,(H,15,16). The number of aromatic amines is 1. The lowest BCUT2D eigenvalue weighted by atomic mass is 10.2. The summed E-state index contributed by atoms with van der Waals surface area (Å²) in [6, 6.07) is 4.53. The van der Waals surface area contributed by atoms with Gasteiger partial charge in [-0.3, -0.25) is 0 Å². The van der Waals surface area contributed by atoms with Gasteiger partial charge < -0.3 is 9.72 Å². The quantitative estimate of drug-likeness (QED) is 0.898. The lowest BCUT2D eigenvalue weighted by Gasteiger charge is -2.08. The van der Waals surface area contributed by atoms with Gasteiger partial charge in [-0.25, -0.2) is 4.98 Å². The van der Waals surface area contributed by atoms with Crippen LogP contribution < -0.4 is 4.74 Å². The van der Waals surface area contributed by atoms with Gasteiger partial charge in [-0.1, -0.05) is 0 Å². The summed E-state index contributed by atoms with van der Waals surface area (Å²) in [4.78, 5) is 6.75. The maximum absolute atomic E-state index is 12.3. The van der Waals surface area contributed by atoms with Crippen molar-refractivity contribution in [3.8, 4) is 5.75 Å². The molecule has 0 spiro atoms. The fourth-order valence-corrected chi connectivity index (χ4v) is 1.27. The lowest BCUT2D eigenvalue weighted by Crippen LogP contribution is -2.04. The van der Waals surface area contributed by atoms with Crippen LogP contribution in [-0.2, 0) is 12.8 Å². The Hall–Kier alpha value is -1.98. The van der Waals surface area contributed by atoms with Crippen molar-refractivity contribution in [2.75, 3.05) is 0 Å². The highest BCUT2D eigenvalue weighted by Crippen LogP contribution is 2.30. The normalized spacial score (nSPS) is 11.5. The van der Waals surface area contributed by atoms with E-state index < -0.39 is 11.7 Å². The van der Waals surface area contributed by atoms with Crippen molar-refractivity contribution in [1.82, 2.24) is 9.97 Å². The second-order valence-electron chi connectivity index (χ2n) is 3.35. The molecule has 1 aromatic carbocycles. The Morgan fingerprint density at radius 2 is 1.88 bits per heavy atom. The van der Waals surface area contributed by atoms with Crippen LogP contribution in [0.25, 0.3) is 0 Å². The first-order valence-electron chi connectivity index (χ1n) is 4.84. The molecule has 0 radical (unpaired) electrons. The van der Waals surface area contributed by atoms with Gasteiger partial charge in [-0.05, 0) is 24.3 Å². The largest absolute Gasteiger partial charge is 0.486 e. The Kier molecular flexibility index (Phi) is 3.03. The van der Waals surface area contributed by atoms with Crippen LogP contribution in [0.15, 0.2) is 36.7 Å². The molecule has 0 fully saturated rings. The van der Waals surface area contributed by atoms with E-state index >= 15 is 0 Å². The van der Waals surface area contributed by atoms with Crippen LogP contribution in [0.2, 0.25) is 0 Å². The maximum atomic E-state index is 12.3. The Balaban J connectivity index is 1.99. The first-order valence-corrected chi connectivity index (χ1v) is 4.84. The summed E-state index contributed by atoms with van der Waals surface area (Å²) < 4.78 is 42.1. The van der Waals surface area contributed by atoms with E-state index in [0.717, 1.165) is 12.1 Å². The smallest absolute Gasteiger partial charge is 0.416 e. The van der Waals surface area contributed by atoms with Gasteiger partial charge in [0.2, 0.25) is 0 Å². The highest BCUT2D eigenvalue weighted by atomic mass is 19.4. The van der Waals surface area contributed by atoms with Gasteiger partial charge >= 0.3 is 6.18 Å². The van der Waals surface area contributed by atoms with Crippen molar-refractivity contribution in [1.29, 1.82) is 0 Å². The van der Waals surface area contributed by atoms with Crippen LogP contribution in [0.4, 0.5) is 13.2 Å². The second-order valence-corrected chi connectivity index (χ2v) is 3.35. The summed E-state index contributed by atoms with van der Waals surface area (Å²) in [5, 5.41) is 0. The van der Waals surface area contributed by atoms with E-state index in [9.17, 15) is 13.2 Å². The molecule has 1 N–H and O–H groups in total. The molecule has 0 amide bonds. The third kappa shape index (κ3) is 2.99. The zero-order valence-electron chi connectivity index (χ0n) is 8.66. The molecule has 3 nitrogen and oxygen atoms in total. The topological polar surface area (TPSA) is 37.9 Å². The number of hydrogen-bond donors (Lipinski definition) is 1. The summed E-state index contributed by atoms with van der Waals surface area (Å²) >= 11 is 0. The summed E-state index contributed by atoms with van der Waals surface area (Å²) in [6.45, 7) is 0.193. The number of H-pyrrole nitrogens is 1. The zero-order chi connectivity index (χ0) is 12.3. The van der Waals surface area contributed by atoms with Gasteiger partial charge in [0, 0.05) is 12.4 Å². The molecule has 1 aromatic heterocycles. The number of benzene rings is 1. The van der Waals surface area contributed by atoms with E-state index in [0.29, 0.717) is 11.6 Å². The van der Waals surface area contributed by atoms with E-state index in [1.54, 1.807) is 12.4 Å². The summed E-state index contributed by atoms with van der Waals surface area (Å²) in [5.74, 6) is 0.985. The molecule has 6 heteroatoms. The van der Waals surface area contributed by atoms with E-state index in [4.69, 9.17) is 4.74 Å². The van der Waals surface area contributed by atoms with Crippen LogP contribution >= 0.6 is 0 Å². The molecule has 0 aliphatic rings. The van der Waals surface area contributed by atoms with Crippen LogP contribution in [-0.4, -0.2) is 9.97 Å². The van der Waals surface area contributed by atoms with Gasteiger partial charge in [0.25, 0.3) is 0 Å². The number of nitrogens with zero attached hydrogens (tertiary/aromatic N) is 1. The number of nitrogens with one attached hydrogen (secondary N) is 1. The predicted molar refractivity (Wildman–Crippen MR) is 54.4 cm³/mol. The fraction of sp³-hybridized carbons (Fsp3) is 0.182. The molecule has 0 bridgehead atoms. The SMILES string of the molecule is FC(F)(F)c1ccc(OCc2ncc[nH]2)cc1. The molecular formula is C11H9F3N2O. The van der Waals surface area contributed by atoms with Crippen LogP contribution in [0.5, 0.6) is 5.75 Å². The van der Waals surface area contributed by atoms with Gasteiger partial charge in [-0.15, -0.1) is 0 Å². The van der Waals surface area contributed by atoms with Crippen LogP contribution in [0.1, 0.15) is 11.4 Å². The van der Waals surface area contributed by atoms with Crippen molar-refractivity contribution in [2.45, 2.75) is 12.8 Å². The average molecular weight is 242 g/mol. The Morgan fingerprint density at radius 3 is 2.41 bits per heavy atom. The third-order valence-electron chi connectivity index (χ3n) is 2.11. The molecule has 0 unspecified atom stereocenters. The molecule has 0 aliphatic heterocycles. The van der Waals surface area contributed by atoms with Crippen molar-refractivity contribution < 1.29 is 17.9 Å². The minimum absolute atomic E-state index is 0.193. The zero-order valence-corrected chi connectivity index (χ0v) is 8.66. The first-order chi connectivity index (χ1) is 8.05. The van der Waals surface area contributed by atoms with Crippen molar-refractivity contribution in [3.63, 3.8) is 0 Å². The number of imidazole rings is 1. The number of halogens is 3. The Labute approximate surface area is 95.3 Å². The number of rotatable bonds is 3. The Bertz CT molecular complexity index is 462. The van der Waals surface area contributed by atoms with E-state index in [2.05, 4.69) is 9.97 Å². The highest BCUT2D eigenvalue weighted by molar-refractivity contribution is 5.28. The van der Waals surface area contributed by atoms with Gasteiger partial charge in [-0.2, -0.15) is 13.2 Å². The minimum atomic E-state index is -4.32. The Morgan fingerprint density at radius 1 is 1.18 bits per heavy atom. The highest BCUT2D eigenvalue weighted by Gasteiger charge is 2.29. The summed E-state index contributed by atoms with van der Waals surface area (Å²) in [6.07, 6.45) is -1.10. The van der Waals surface area contributed by atoms with E-state index in [1.165, 1.54) is 12.1 Å². The molecule has 0 saturated heterocycles. The maximum Gasteiger partial charge on any atom is 0.416 e. The number of alkyl halides is 3.